The molecule has 0 aromatic heterocycles. The van der Waals surface area contributed by atoms with Crippen molar-refractivity contribution in [1.29, 1.82) is 0 Å². The number of carbonyl (C=O) groups is 1. The smallest absolute Gasteiger partial charge is 0.249 e. The summed E-state index contributed by atoms with van der Waals surface area (Å²) in [5.74, 6) is 3.14. The number of ether oxygens (including phenoxy) is 1. The van der Waals surface area contributed by atoms with E-state index >= 15 is 0 Å². The fourth-order valence-corrected chi connectivity index (χ4v) is 3.42. The van der Waals surface area contributed by atoms with Crippen molar-refractivity contribution in [2.24, 2.45) is 0 Å². The molecule has 2 aliphatic rings. The van der Waals surface area contributed by atoms with Crippen LogP contribution in [-0.4, -0.2) is 30.3 Å². The van der Waals surface area contributed by atoms with Crippen molar-refractivity contribution in [2.75, 3.05) is 13.2 Å². The Labute approximate surface area is 124 Å². The molecule has 1 aromatic carbocycles. The summed E-state index contributed by atoms with van der Waals surface area (Å²) in [6, 6.07) is 4.16. The Morgan fingerprint density at radius 3 is 3.19 bits per heavy atom. The van der Waals surface area contributed by atoms with Crippen LogP contribution in [0.15, 0.2) is 12.1 Å². The maximum atomic E-state index is 11.8. The Bertz CT molecular complexity index is 603. The minimum absolute atomic E-state index is 0.153. The number of hydrogen-bond acceptors (Lipinski definition) is 3. The summed E-state index contributed by atoms with van der Waals surface area (Å²) in [4.78, 5) is 11.8. The van der Waals surface area contributed by atoms with Gasteiger partial charge in [0.1, 0.15) is 11.9 Å². The van der Waals surface area contributed by atoms with Crippen molar-refractivity contribution < 1.29 is 14.6 Å². The Morgan fingerprint density at radius 1 is 1.52 bits per heavy atom. The lowest BCUT2D eigenvalue weighted by atomic mass is 9.90. The number of amides is 1. The predicted molar refractivity (Wildman–Crippen MR) is 79.2 cm³/mol. The number of fused-ring (bicyclic) bond motifs is 3. The molecule has 1 amide bonds. The van der Waals surface area contributed by atoms with E-state index in [1.807, 2.05) is 6.07 Å². The van der Waals surface area contributed by atoms with E-state index in [2.05, 4.69) is 17.3 Å². The van der Waals surface area contributed by atoms with Crippen molar-refractivity contribution in [2.45, 2.75) is 37.7 Å². The number of rotatable bonds is 4. The highest BCUT2D eigenvalue weighted by Crippen LogP contribution is 2.43. The minimum Gasteiger partial charge on any atom is -0.493 e. The molecule has 21 heavy (non-hydrogen) atoms. The molecule has 0 spiro atoms. The van der Waals surface area contributed by atoms with Gasteiger partial charge < -0.3 is 15.2 Å². The van der Waals surface area contributed by atoms with Gasteiger partial charge in [-0.3, -0.25) is 4.79 Å². The van der Waals surface area contributed by atoms with Gasteiger partial charge in [-0.25, -0.2) is 0 Å². The molecular formula is C17H19NO3. The summed E-state index contributed by atoms with van der Waals surface area (Å²) in [6.07, 6.45) is 7.45. The second-order valence-electron chi connectivity index (χ2n) is 5.62. The molecular weight excluding hydrogens is 266 g/mol. The molecule has 2 atom stereocenters. The second kappa shape index (κ2) is 5.79. The maximum absolute atomic E-state index is 11.8. The summed E-state index contributed by atoms with van der Waals surface area (Å²) in [7, 11) is 0. The van der Waals surface area contributed by atoms with E-state index in [1.165, 1.54) is 16.7 Å². The molecule has 1 heterocycles. The molecule has 1 aromatic rings. The lowest BCUT2D eigenvalue weighted by Gasteiger charge is -2.18. The molecule has 4 heteroatoms. The van der Waals surface area contributed by atoms with E-state index in [-0.39, 0.29) is 18.4 Å². The first-order chi connectivity index (χ1) is 10.2. The molecule has 0 saturated carbocycles. The van der Waals surface area contributed by atoms with E-state index in [0.29, 0.717) is 6.42 Å². The molecule has 2 N–H and O–H groups in total. The summed E-state index contributed by atoms with van der Waals surface area (Å²) >= 11 is 0. The first-order valence-electron chi connectivity index (χ1n) is 7.37. The molecule has 1 aliphatic carbocycles. The van der Waals surface area contributed by atoms with Gasteiger partial charge in [0, 0.05) is 12.0 Å². The van der Waals surface area contributed by atoms with Crippen LogP contribution in [0.5, 0.6) is 5.75 Å². The Hall–Kier alpha value is -1.99. The number of aliphatic hydroxyl groups excluding tert-OH is 1. The van der Waals surface area contributed by atoms with E-state index in [0.717, 1.165) is 31.6 Å². The zero-order valence-electron chi connectivity index (χ0n) is 11.9. The van der Waals surface area contributed by atoms with Crippen LogP contribution in [0.3, 0.4) is 0 Å². The van der Waals surface area contributed by atoms with Crippen molar-refractivity contribution >= 4 is 5.91 Å². The number of aryl methyl sites for hydroxylation is 1. The Kier molecular flexibility index (Phi) is 3.85. The average Bonchev–Trinajstić information content (AvgIpc) is 3.10. The zero-order chi connectivity index (χ0) is 14.8. The first kappa shape index (κ1) is 14.0. The van der Waals surface area contributed by atoms with Gasteiger partial charge in [0.05, 0.1) is 13.2 Å². The quantitative estimate of drug-likeness (QED) is 0.816. The van der Waals surface area contributed by atoms with E-state index in [4.69, 9.17) is 11.2 Å². The van der Waals surface area contributed by atoms with Crippen molar-refractivity contribution in [3.05, 3.63) is 28.8 Å². The lowest BCUT2D eigenvalue weighted by molar-refractivity contribution is -0.129. The number of aliphatic hydroxyl groups is 1. The third kappa shape index (κ3) is 2.62. The molecule has 0 radical (unpaired) electrons. The Morgan fingerprint density at radius 2 is 2.38 bits per heavy atom. The largest absolute Gasteiger partial charge is 0.493 e. The number of nitrogens with one attached hydrogen (secondary N) is 1. The SMILES string of the molecule is C#CCNC(=O)[C@H](O)C[C@@H]1CCc2ccc3c(c21)CCO3. The number of terminal acetylenes is 1. The fraction of sp³-hybridized carbons (Fsp3) is 0.471. The summed E-state index contributed by atoms with van der Waals surface area (Å²) in [6.45, 7) is 0.879. The van der Waals surface area contributed by atoms with Gasteiger partial charge in [0.25, 0.3) is 0 Å². The highest BCUT2D eigenvalue weighted by molar-refractivity contribution is 5.80. The van der Waals surface area contributed by atoms with Gasteiger partial charge in [0.15, 0.2) is 0 Å². The van der Waals surface area contributed by atoms with Crippen LogP contribution >= 0.6 is 0 Å². The van der Waals surface area contributed by atoms with E-state index in [9.17, 15) is 9.90 Å². The summed E-state index contributed by atoms with van der Waals surface area (Å²) in [5, 5.41) is 12.6. The highest BCUT2D eigenvalue weighted by atomic mass is 16.5. The van der Waals surface area contributed by atoms with Crippen LogP contribution in [0.25, 0.3) is 0 Å². The van der Waals surface area contributed by atoms with Crippen molar-refractivity contribution in [1.82, 2.24) is 5.32 Å². The third-order valence-corrected chi connectivity index (χ3v) is 4.36. The topological polar surface area (TPSA) is 58.6 Å². The normalized spacial score (nSPS) is 20.1. The predicted octanol–water partition coefficient (Wildman–Crippen LogP) is 1.15. The fourth-order valence-electron chi connectivity index (χ4n) is 3.42. The monoisotopic (exact) mass is 285 g/mol. The van der Waals surface area contributed by atoms with Crippen LogP contribution in [0.2, 0.25) is 0 Å². The molecule has 110 valence electrons. The lowest BCUT2D eigenvalue weighted by Crippen LogP contribution is -2.35. The highest BCUT2D eigenvalue weighted by Gasteiger charge is 2.32. The van der Waals surface area contributed by atoms with Crippen LogP contribution in [0.4, 0.5) is 0 Å². The summed E-state index contributed by atoms with van der Waals surface area (Å²) < 4.78 is 5.61. The number of benzene rings is 1. The van der Waals surface area contributed by atoms with Crippen LogP contribution in [0, 0.1) is 12.3 Å². The summed E-state index contributed by atoms with van der Waals surface area (Å²) in [5.41, 5.74) is 3.90. The molecule has 0 unspecified atom stereocenters. The molecule has 3 rings (SSSR count). The number of carbonyl (C=O) groups excluding carboxylic acids is 1. The maximum Gasteiger partial charge on any atom is 0.249 e. The molecule has 1 aliphatic heterocycles. The van der Waals surface area contributed by atoms with Gasteiger partial charge in [-0.2, -0.15) is 0 Å². The van der Waals surface area contributed by atoms with Gasteiger partial charge in [0.2, 0.25) is 5.91 Å². The van der Waals surface area contributed by atoms with Gasteiger partial charge in [-0.05, 0) is 42.4 Å². The van der Waals surface area contributed by atoms with Gasteiger partial charge >= 0.3 is 0 Å². The van der Waals surface area contributed by atoms with Gasteiger partial charge in [-0.15, -0.1) is 6.42 Å². The van der Waals surface area contributed by atoms with Crippen molar-refractivity contribution in [3.63, 3.8) is 0 Å². The Balaban J connectivity index is 1.74. The van der Waals surface area contributed by atoms with Crippen molar-refractivity contribution in [3.8, 4) is 18.1 Å². The third-order valence-electron chi connectivity index (χ3n) is 4.36. The first-order valence-corrected chi connectivity index (χ1v) is 7.37. The molecule has 0 bridgehead atoms. The number of hydrogen-bond donors (Lipinski definition) is 2. The van der Waals surface area contributed by atoms with E-state index in [1.54, 1.807) is 0 Å². The van der Waals surface area contributed by atoms with E-state index < -0.39 is 6.10 Å². The zero-order valence-corrected chi connectivity index (χ0v) is 11.9. The van der Waals surface area contributed by atoms with Crippen LogP contribution in [-0.2, 0) is 17.6 Å². The molecule has 4 nitrogen and oxygen atoms in total. The second-order valence-corrected chi connectivity index (χ2v) is 5.62. The van der Waals surface area contributed by atoms with Gasteiger partial charge in [-0.1, -0.05) is 12.0 Å². The average molecular weight is 285 g/mol. The van der Waals surface area contributed by atoms with Crippen LogP contribution in [0.1, 0.15) is 35.4 Å². The minimum atomic E-state index is -1.01. The standard InChI is InChI=1S/C17H19NO3/c1-2-8-18-17(20)14(19)10-12-4-3-11-5-6-15-13(16(11)12)7-9-21-15/h1,5-6,12,14,19H,3-4,7-10H2,(H,18,20)/t12-,14+/m0/s1. The molecule has 0 fully saturated rings. The van der Waals surface area contributed by atoms with Crippen LogP contribution < -0.4 is 10.1 Å². The molecule has 0 saturated heterocycles.